The SMILES string of the molecule is CCCCc1nc(C(N)=O)c(/C=C(\Cc2cccs2)C(=O)O)n1Cc1ccccc1Cl. The molecular formula is C23H24ClN3O3S. The van der Waals surface area contributed by atoms with E-state index in [0.29, 0.717) is 29.5 Å². The van der Waals surface area contributed by atoms with E-state index < -0.39 is 11.9 Å². The second kappa shape index (κ2) is 10.4. The quantitative estimate of drug-likeness (QED) is 0.427. The molecule has 0 atom stereocenters. The molecule has 3 aromatic rings. The average Bonchev–Trinajstić information content (AvgIpc) is 3.36. The van der Waals surface area contributed by atoms with Crippen LogP contribution in [0.4, 0.5) is 0 Å². The van der Waals surface area contributed by atoms with Gasteiger partial charge < -0.3 is 15.4 Å². The number of rotatable bonds is 10. The smallest absolute Gasteiger partial charge is 0.332 e. The Morgan fingerprint density at radius 1 is 1.26 bits per heavy atom. The number of aryl methyl sites for hydroxylation is 1. The second-order valence-electron chi connectivity index (χ2n) is 7.14. The number of primary amides is 1. The molecule has 0 aliphatic rings. The lowest BCUT2D eigenvalue weighted by Crippen LogP contribution is -2.15. The predicted octanol–water partition coefficient (Wildman–Crippen LogP) is 4.80. The number of benzene rings is 1. The molecule has 2 aromatic heterocycles. The zero-order valence-electron chi connectivity index (χ0n) is 17.2. The average molecular weight is 458 g/mol. The molecule has 6 nitrogen and oxygen atoms in total. The van der Waals surface area contributed by atoms with Crippen LogP contribution in [0, 0.1) is 0 Å². The minimum Gasteiger partial charge on any atom is -0.478 e. The Balaban J connectivity index is 2.15. The molecule has 3 rings (SSSR count). The van der Waals surface area contributed by atoms with E-state index in [1.807, 2.05) is 40.3 Å². The predicted molar refractivity (Wildman–Crippen MR) is 124 cm³/mol. The van der Waals surface area contributed by atoms with E-state index in [1.165, 1.54) is 17.4 Å². The molecule has 1 amide bonds. The van der Waals surface area contributed by atoms with Crippen molar-refractivity contribution >= 4 is 40.9 Å². The Hall–Kier alpha value is -2.90. The summed E-state index contributed by atoms with van der Waals surface area (Å²) in [5.74, 6) is -1.06. The summed E-state index contributed by atoms with van der Waals surface area (Å²) in [6.07, 6.45) is 4.23. The number of unbranched alkanes of at least 4 members (excludes halogenated alkanes) is 1. The molecular weight excluding hydrogens is 434 g/mol. The van der Waals surface area contributed by atoms with Crippen LogP contribution in [0.15, 0.2) is 47.4 Å². The summed E-state index contributed by atoms with van der Waals surface area (Å²) in [6, 6.07) is 11.2. The monoisotopic (exact) mass is 457 g/mol. The van der Waals surface area contributed by atoms with Gasteiger partial charge in [0.1, 0.15) is 5.82 Å². The van der Waals surface area contributed by atoms with Crippen molar-refractivity contribution in [1.82, 2.24) is 9.55 Å². The summed E-state index contributed by atoms with van der Waals surface area (Å²) in [5, 5.41) is 12.3. The molecule has 0 aliphatic heterocycles. The standard InChI is InChI=1S/C23H24ClN3O3S/c1-2-3-10-20-26-21(22(25)28)19(27(20)14-15-7-4-5-9-18(15)24)13-16(23(29)30)12-17-8-6-11-31-17/h4-9,11,13H,2-3,10,12,14H2,1H3,(H2,25,28)(H,29,30)/b16-13+. The number of carboxylic acids is 1. The zero-order valence-corrected chi connectivity index (χ0v) is 18.7. The number of hydrogen-bond acceptors (Lipinski definition) is 4. The Bertz CT molecular complexity index is 1100. The van der Waals surface area contributed by atoms with Crippen LogP contribution in [0.2, 0.25) is 5.02 Å². The highest BCUT2D eigenvalue weighted by molar-refractivity contribution is 7.09. The van der Waals surface area contributed by atoms with Gasteiger partial charge in [-0.2, -0.15) is 0 Å². The third-order valence-corrected chi connectivity index (χ3v) is 6.14. The normalized spacial score (nSPS) is 11.6. The topological polar surface area (TPSA) is 98.2 Å². The summed E-state index contributed by atoms with van der Waals surface area (Å²) in [6.45, 7) is 2.43. The molecule has 2 heterocycles. The summed E-state index contributed by atoms with van der Waals surface area (Å²) in [4.78, 5) is 29.6. The zero-order chi connectivity index (χ0) is 22.4. The first-order chi connectivity index (χ1) is 14.9. The van der Waals surface area contributed by atoms with Crippen LogP contribution in [-0.2, 0) is 24.2 Å². The Labute approximate surface area is 190 Å². The molecule has 0 radical (unpaired) electrons. The number of amides is 1. The number of carboxylic acid groups (broad SMARTS) is 1. The number of thiophene rings is 1. The van der Waals surface area contributed by atoms with Crippen molar-refractivity contribution in [2.75, 3.05) is 0 Å². The molecule has 0 bridgehead atoms. The maximum absolute atomic E-state index is 12.2. The van der Waals surface area contributed by atoms with Crippen molar-refractivity contribution in [2.24, 2.45) is 5.73 Å². The fraction of sp³-hybridized carbons (Fsp3) is 0.261. The maximum Gasteiger partial charge on any atom is 0.332 e. The number of carbonyl (C=O) groups excluding carboxylic acids is 1. The highest BCUT2D eigenvalue weighted by Gasteiger charge is 2.22. The highest BCUT2D eigenvalue weighted by atomic mass is 35.5. The molecule has 31 heavy (non-hydrogen) atoms. The third kappa shape index (κ3) is 5.62. The number of carbonyl (C=O) groups is 2. The van der Waals surface area contributed by atoms with Gasteiger partial charge in [0, 0.05) is 28.3 Å². The number of hydrogen-bond donors (Lipinski definition) is 2. The molecule has 0 aliphatic carbocycles. The Kier molecular flexibility index (Phi) is 7.65. The van der Waals surface area contributed by atoms with E-state index in [9.17, 15) is 14.7 Å². The van der Waals surface area contributed by atoms with E-state index in [1.54, 1.807) is 6.07 Å². The fourth-order valence-corrected chi connectivity index (χ4v) is 4.22. The van der Waals surface area contributed by atoms with E-state index in [-0.39, 0.29) is 17.7 Å². The van der Waals surface area contributed by atoms with Gasteiger partial charge >= 0.3 is 5.97 Å². The van der Waals surface area contributed by atoms with Gasteiger partial charge in [-0.1, -0.05) is 49.2 Å². The van der Waals surface area contributed by atoms with Gasteiger partial charge in [-0.25, -0.2) is 9.78 Å². The van der Waals surface area contributed by atoms with Crippen molar-refractivity contribution in [1.29, 1.82) is 0 Å². The summed E-state index contributed by atoms with van der Waals surface area (Å²) >= 11 is 7.85. The van der Waals surface area contributed by atoms with E-state index >= 15 is 0 Å². The van der Waals surface area contributed by atoms with E-state index in [2.05, 4.69) is 11.9 Å². The second-order valence-corrected chi connectivity index (χ2v) is 8.58. The lowest BCUT2D eigenvalue weighted by atomic mass is 10.1. The Morgan fingerprint density at radius 3 is 2.65 bits per heavy atom. The van der Waals surface area contributed by atoms with Crippen LogP contribution < -0.4 is 5.73 Å². The molecule has 3 N–H and O–H groups in total. The number of imidazole rings is 1. The molecule has 162 valence electrons. The van der Waals surface area contributed by atoms with E-state index in [0.717, 1.165) is 23.3 Å². The number of nitrogens with two attached hydrogens (primary N) is 1. The summed E-state index contributed by atoms with van der Waals surface area (Å²) in [5.41, 5.74) is 7.10. The lowest BCUT2D eigenvalue weighted by Gasteiger charge is -2.13. The van der Waals surface area contributed by atoms with Crippen LogP contribution in [0.3, 0.4) is 0 Å². The highest BCUT2D eigenvalue weighted by Crippen LogP contribution is 2.24. The Morgan fingerprint density at radius 2 is 2.03 bits per heavy atom. The number of halogens is 1. The molecule has 0 saturated carbocycles. The van der Waals surface area contributed by atoms with Crippen molar-refractivity contribution in [2.45, 2.75) is 39.2 Å². The first-order valence-electron chi connectivity index (χ1n) is 9.99. The van der Waals surface area contributed by atoms with Crippen LogP contribution >= 0.6 is 22.9 Å². The van der Waals surface area contributed by atoms with Crippen LogP contribution in [-0.4, -0.2) is 26.5 Å². The van der Waals surface area contributed by atoms with Gasteiger partial charge in [0.05, 0.1) is 12.2 Å². The first-order valence-corrected chi connectivity index (χ1v) is 11.2. The maximum atomic E-state index is 12.2. The van der Waals surface area contributed by atoms with Gasteiger partial charge in [-0.05, 0) is 35.6 Å². The van der Waals surface area contributed by atoms with Gasteiger partial charge in [0.15, 0.2) is 5.69 Å². The van der Waals surface area contributed by atoms with Gasteiger partial charge in [0.2, 0.25) is 0 Å². The summed E-state index contributed by atoms with van der Waals surface area (Å²) < 4.78 is 1.86. The molecule has 1 aromatic carbocycles. The van der Waals surface area contributed by atoms with Crippen LogP contribution in [0.1, 0.15) is 52.2 Å². The van der Waals surface area contributed by atoms with Crippen molar-refractivity contribution in [3.05, 3.63) is 80.0 Å². The number of nitrogens with zero attached hydrogens (tertiary/aromatic N) is 2. The number of aromatic nitrogens is 2. The molecule has 0 fully saturated rings. The molecule has 0 unspecified atom stereocenters. The minimum absolute atomic E-state index is 0.0723. The van der Waals surface area contributed by atoms with Gasteiger partial charge in [-0.3, -0.25) is 4.79 Å². The largest absolute Gasteiger partial charge is 0.478 e. The van der Waals surface area contributed by atoms with Crippen molar-refractivity contribution in [3.63, 3.8) is 0 Å². The molecule has 0 saturated heterocycles. The molecule has 0 spiro atoms. The van der Waals surface area contributed by atoms with Gasteiger partial charge in [0.25, 0.3) is 5.91 Å². The van der Waals surface area contributed by atoms with Gasteiger partial charge in [-0.15, -0.1) is 11.3 Å². The molecule has 8 heteroatoms. The van der Waals surface area contributed by atoms with Crippen LogP contribution in [0.25, 0.3) is 6.08 Å². The van der Waals surface area contributed by atoms with Crippen molar-refractivity contribution in [3.8, 4) is 0 Å². The number of aliphatic carboxylic acids is 1. The third-order valence-electron chi connectivity index (χ3n) is 4.89. The van der Waals surface area contributed by atoms with Crippen molar-refractivity contribution < 1.29 is 14.7 Å². The first kappa shape index (κ1) is 22.8. The minimum atomic E-state index is -1.05. The fourth-order valence-electron chi connectivity index (χ4n) is 3.29. The van der Waals surface area contributed by atoms with E-state index in [4.69, 9.17) is 17.3 Å². The summed E-state index contributed by atoms with van der Waals surface area (Å²) in [7, 11) is 0. The lowest BCUT2D eigenvalue weighted by molar-refractivity contribution is -0.132. The van der Waals surface area contributed by atoms with Crippen LogP contribution in [0.5, 0.6) is 0 Å².